The number of hydrogen-bond donors (Lipinski definition) is 1. The van der Waals surface area contributed by atoms with Gasteiger partial charge >= 0.3 is 0 Å². The molecule has 1 aliphatic carbocycles. The second-order valence-corrected chi connectivity index (χ2v) is 13.1. The molecule has 1 N–H and O–H groups in total. The number of sulfonamides is 1. The maximum Gasteiger partial charge on any atom is 0.271 e. The lowest BCUT2D eigenvalue weighted by molar-refractivity contribution is -0.384. The van der Waals surface area contributed by atoms with E-state index in [0.717, 1.165) is 42.5 Å². The van der Waals surface area contributed by atoms with E-state index in [9.17, 15) is 28.1 Å². The summed E-state index contributed by atoms with van der Waals surface area (Å²) in [4.78, 5) is 39.5. The van der Waals surface area contributed by atoms with E-state index in [1.165, 1.54) is 47.4 Å². The standard InChI is InChI=1S/C30H32Cl2N4O6S/c1-21(30(38)33-23-9-4-2-5-10-23)34(19-22-15-16-27(31)28(32)17-22)29(37)20-35(24-11-8-12-25(18-24)36(39)40)43(41,42)26-13-6-3-7-14-26/h3,6-8,11-18,21,23H,2,4-5,9-10,19-20H2,1H3,(H,33,38)/t21-/m1/s1. The van der Waals surface area contributed by atoms with E-state index in [0.29, 0.717) is 10.6 Å². The van der Waals surface area contributed by atoms with Crippen molar-refractivity contribution in [1.82, 2.24) is 10.2 Å². The third-order valence-electron chi connectivity index (χ3n) is 7.39. The minimum atomic E-state index is -4.35. The highest BCUT2D eigenvalue weighted by atomic mass is 35.5. The first-order valence-electron chi connectivity index (χ1n) is 13.8. The van der Waals surface area contributed by atoms with Crippen LogP contribution in [0, 0.1) is 10.1 Å². The Morgan fingerprint density at radius 3 is 2.33 bits per heavy atom. The van der Waals surface area contributed by atoms with Crippen LogP contribution in [0.25, 0.3) is 0 Å². The first-order chi connectivity index (χ1) is 20.5. The maximum absolute atomic E-state index is 14.1. The third kappa shape index (κ3) is 8.04. The lowest BCUT2D eigenvalue weighted by atomic mass is 9.95. The number of nitrogens with one attached hydrogen (secondary N) is 1. The second kappa shape index (κ2) is 14.2. The zero-order valence-corrected chi connectivity index (χ0v) is 25.8. The van der Waals surface area contributed by atoms with Crippen molar-refractivity contribution in [2.24, 2.45) is 0 Å². The fourth-order valence-electron chi connectivity index (χ4n) is 5.00. The van der Waals surface area contributed by atoms with E-state index in [4.69, 9.17) is 23.2 Å². The van der Waals surface area contributed by atoms with E-state index in [1.807, 2.05) is 0 Å². The Kier molecular flexibility index (Phi) is 10.6. The summed E-state index contributed by atoms with van der Waals surface area (Å²) in [6.07, 6.45) is 4.79. The predicted molar refractivity (Wildman–Crippen MR) is 166 cm³/mol. The average molecular weight is 648 g/mol. The minimum absolute atomic E-state index is 0.00884. The molecular formula is C30H32Cl2N4O6S. The lowest BCUT2D eigenvalue weighted by Crippen LogP contribution is -2.53. The van der Waals surface area contributed by atoms with Crippen LogP contribution in [0.2, 0.25) is 10.0 Å². The number of rotatable bonds is 11. The van der Waals surface area contributed by atoms with Gasteiger partial charge in [0.25, 0.3) is 15.7 Å². The molecule has 0 bridgehead atoms. The molecule has 3 aromatic rings. The molecule has 13 heteroatoms. The Bertz CT molecular complexity index is 1580. The minimum Gasteiger partial charge on any atom is -0.352 e. The molecule has 1 saturated carbocycles. The van der Waals surface area contributed by atoms with Crippen LogP contribution in [0.15, 0.2) is 77.7 Å². The molecular weight excluding hydrogens is 615 g/mol. The van der Waals surface area contributed by atoms with E-state index in [1.54, 1.807) is 31.2 Å². The molecule has 1 atom stereocenters. The van der Waals surface area contributed by atoms with Gasteiger partial charge in [0.05, 0.1) is 25.6 Å². The van der Waals surface area contributed by atoms with Crippen LogP contribution < -0.4 is 9.62 Å². The lowest BCUT2D eigenvalue weighted by Gasteiger charge is -2.33. The molecule has 4 rings (SSSR count). The van der Waals surface area contributed by atoms with Crippen LogP contribution >= 0.6 is 23.2 Å². The van der Waals surface area contributed by atoms with Gasteiger partial charge in [0.1, 0.15) is 12.6 Å². The van der Waals surface area contributed by atoms with Gasteiger partial charge in [-0.2, -0.15) is 0 Å². The molecule has 0 heterocycles. The zero-order valence-electron chi connectivity index (χ0n) is 23.5. The van der Waals surface area contributed by atoms with Crippen molar-refractivity contribution in [2.75, 3.05) is 10.8 Å². The number of non-ortho nitro benzene ring substituents is 1. The maximum atomic E-state index is 14.1. The molecule has 1 aliphatic rings. The van der Waals surface area contributed by atoms with Crippen molar-refractivity contribution in [3.8, 4) is 0 Å². The van der Waals surface area contributed by atoms with Crippen molar-refractivity contribution >= 4 is 56.4 Å². The molecule has 0 radical (unpaired) electrons. The molecule has 0 aromatic heterocycles. The quantitative estimate of drug-likeness (QED) is 0.202. The van der Waals surface area contributed by atoms with Gasteiger partial charge in [0, 0.05) is 24.7 Å². The topological polar surface area (TPSA) is 130 Å². The second-order valence-electron chi connectivity index (χ2n) is 10.4. The molecule has 0 aliphatic heterocycles. The summed E-state index contributed by atoms with van der Waals surface area (Å²) in [7, 11) is -4.35. The van der Waals surface area contributed by atoms with Gasteiger partial charge in [0.15, 0.2) is 0 Å². The number of carbonyl (C=O) groups excluding carboxylic acids is 2. The molecule has 43 heavy (non-hydrogen) atoms. The van der Waals surface area contributed by atoms with Crippen LogP contribution in [0.3, 0.4) is 0 Å². The Hall–Kier alpha value is -3.67. The van der Waals surface area contributed by atoms with Crippen molar-refractivity contribution in [1.29, 1.82) is 0 Å². The van der Waals surface area contributed by atoms with Crippen molar-refractivity contribution < 1.29 is 22.9 Å². The highest BCUT2D eigenvalue weighted by molar-refractivity contribution is 7.92. The number of nitro benzene ring substituents is 1. The van der Waals surface area contributed by atoms with Gasteiger partial charge in [-0.1, -0.05) is 72.8 Å². The summed E-state index contributed by atoms with van der Waals surface area (Å²) >= 11 is 12.3. The summed E-state index contributed by atoms with van der Waals surface area (Å²) < 4.78 is 28.5. The fraction of sp³-hybridized carbons (Fsp3) is 0.333. The van der Waals surface area contributed by atoms with E-state index >= 15 is 0 Å². The molecule has 0 spiro atoms. The highest BCUT2D eigenvalue weighted by Crippen LogP contribution is 2.28. The predicted octanol–water partition coefficient (Wildman–Crippen LogP) is 5.96. The van der Waals surface area contributed by atoms with Crippen molar-refractivity contribution in [3.63, 3.8) is 0 Å². The zero-order chi connectivity index (χ0) is 31.1. The summed E-state index contributed by atoms with van der Waals surface area (Å²) in [5.41, 5.74) is 0.166. The summed E-state index contributed by atoms with van der Waals surface area (Å²) in [5, 5.41) is 15.1. The van der Waals surface area contributed by atoms with Gasteiger partial charge in [-0.3, -0.25) is 24.0 Å². The summed E-state index contributed by atoms with van der Waals surface area (Å²) in [6.45, 7) is 0.793. The summed E-state index contributed by atoms with van der Waals surface area (Å²) in [6, 6.07) is 16.3. The van der Waals surface area contributed by atoms with Crippen LogP contribution in [0.5, 0.6) is 0 Å². The third-order valence-corrected chi connectivity index (χ3v) is 9.92. The van der Waals surface area contributed by atoms with Gasteiger partial charge in [-0.05, 0) is 55.7 Å². The van der Waals surface area contributed by atoms with E-state index < -0.39 is 33.4 Å². The van der Waals surface area contributed by atoms with Crippen molar-refractivity contribution in [2.45, 2.75) is 62.6 Å². The molecule has 10 nitrogen and oxygen atoms in total. The van der Waals surface area contributed by atoms with Crippen LogP contribution in [-0.2, 0) is 26.2 Å². The van der Waals surface area contributed by atoms with Gasteiger partial charge in [-0.15, -0.1) is 0 Å². The van der Waals surface area contributed by atoms with Crippen LogP contribution in [0.4, 0.5) is 11.4 Å². The first-order valence-corrected chi connectivity index (χ1v) is 16.0. The molecule has 3 aromatic carbocycles. The number of anilines is 1. The molecule has 228 valence electrons. The Morgan fingerprint density at radius 1 is 0.977 bits per heavy atom. The number of carbonyl (C=O) groups is 2. The van der Waals surface area contributed by atoms with Crippen LogP contribution in [0.1, 0.15) is 44.6 Å². The normalized spacial score (nSPS) is 14.5. The van der Waals surface area contributed by atoms with E-state index in [-0.39, 0.29) is 39.8 Å². The van der Waals surface area contributed by atoms with Gasteiger partial charge < -0.3 is 10.2 Å². The number of halogens is 2. The average Bonchev–Trinajstić information content (AvgIpc) is 3.00. The molecule has 0 unspecified atom stereocenters. The number of hydrogen-bond acceptors (Lipinski definition) is 6. The Labute approximate surface area is 260 Å². The number of nitrogens with zero attached hydrogens (tertiary/aromatic N) is 3. The fourth-order valence-corrected chi connectivity index (χ4v) is 6.74. The largest absolute Gasteiger partial charge is 0.352 e. The molecule has 1 fully saturated rings. The van der Waals surface area contributed by atoms with E-state index in [2.05, 4.69) is 5.32 Å². The Morgan fingerprint density at radius 2 is 1.67 bits per heavy atom. The first kappa shape index (κ1) is 32.2. The monoisotopic (exact) mass is 646 g/mol. The van der Waals surface area contributed by atoms with Crippen molar-refractivity contribution in [3.05, 3.63) is 98.5 Å². The Balaban J connectivity index is 1.71. The molecule has 0 saturated heterocycles. The van der Waals surface area contributed by atoms with Crippen LogP contribution in [-0.4, -0.2) is 48.7 Å². The number of nitro groups is 1. The SMILES string of the molecule is C[C@H](C(=O)NC1CCCCC1)N(Cc1ccc(Cl)c(Cl)c1)C(=O)CN(c1cccc([N+](=O)[O-])c1)S(=O)(=O)c1ccccc1. The summed E-state index contributed by atoms with van der Waals surface area (Å²) in [5.74, 6) is -1.06. The highest BCUT2D eigenvalue weighted by Gasteiger charge is 2.33. The number of amides is 2. The number of benzene rings is 3. The van der Waals surface area contributed by atoms with Gasteiger partial charge in [-0.25, -0.2) is 8.42 Å². The van der Waals surface area contributed by atoms with Gasteiger partial charge in [0.2, 0.25) is 11.8 Å². The smallest absolute Gasteiger partial charge is 0.271 e. The molecule has 2 amide bonds.